The van der Waals surface area contributed by atoms with Crippen LogP contribution in [0.1, 0.15) is 66.2 Å². The van der Waals surface area contributed by atoms with Crippen molar-refractivity contribution in [3.05, 3.63) is 0 Å². The van der Waals surface area contributed by atoms with Crippen LogP contribution in [0.5, 0.6) is 0 Å². The molecule has 6 N–H and O–H groups in total. The second-order valence-electron chi connectivity index (χ2n) is 8.17. The van der Waals surface area contributed by atoms with Crippen LogP contribution in [0.25, 0.3) is 0 Å². The molecule has 0 aromatic rings. The Bertz CT molecular complexity index is 514. The number of carbonyl (C=O) groups is 3. The van der Waals surface area contributed by atoms with Crippen LogP contribution in [0.15, 0.2) is 0 Å². The maximum Gasteiger partial charge on any atom is 0.405 e. The SMILES string of the molecule is CC(OC(C)(C)C)C(NC(=O)O)C(=O)NC(CC1CCCCC1)C(=O)NN. The lowest BCUT2D eigenvalue weighted by molar-refractivity contribution is -0.135. The van der Waals surface area contributed by atoms with Crippen LogP contribution in [0.3, 0.4) is 0 Å². The van der Waals surface area contributed by atoms with E-state index in [4.69, 9.17) is 15.7 Å². The van der Waals surface area contributed by atoms with Crippen LogP contribution < -0.4 is 21.9 Å². The first kappa shape index (κ1) is 23.2. The summed E-state index contributed by atoms with van der Waals surface area (Å²) in [6.07, 6.45) is 3.81. The lowest BCUT2D eigenvalue weighted by Crippen LogP contribution is -2.58. The van der Waals surface area contributed by atoms with Gasteiger partial charge in [-0.15, -0.1) is 0 Å². The fourth-order valence-corrected chi connectivity index (χ4v) is 3.50. The molecule has 0 saturated heterocycles. The molecule has 1 aliphatic carbocycles. The van der Waals surface area contributed by atoms with Gasteiger partial charge in [0.05, 0.1) is 11.7 Å². The number of nitrogens with one attached hydrogen (secondary N) is 3. The minimum absolute atomic E-state index is 0.329. The van der Waals surface area contributed by atoms with Gasteiger partial charge in [-0.25, -0.2) is 10.6 Å². The van der Waals surface area contributed by atoms with E-state index in [1.807, 2.05) is 20.8 Å². The fourth-order valence-electron chi connectivity index (χ4n) is 3.50. The third kappa shape index (κ3) is 8.57. The van der Waals surface area contributed by atoms with Gasteiger partial charge < -0.3 is 20.5 Å². The average Bonchev–Trinajstić information content (AvgIpc) is 2.57. The molecule has 3 atom stereocenters. The Morgan fingerprint density at radius 1 is 1.11 bits per heavy atom. The van der Waals surface area contributed by atoms with Gasteiger partial charge in [0.15, 0.2) is 0 Å². The lowest BCUT2D eigenvalue weighted by Gasteiger charge is -2.31. The Labute approximate surface area is 160 Å². The van der Waals surface area contributed by atoms with E-state index in [9.17, 15) is 14.4 Å². The van der Waals surface area contributed by atoms with Gasteiger partial charge in [-0.3, -0.25) is 15.0 Å². The van der Waals surface area contributed by atoms with Crippen molar-refractivity contribution in [1.29, 1.82) is 0 Å². The van der Waals surface area contributed by atoms with Gasteiger partial charge in [0, 0.05) is 0 Å². The molecule has 1 fully saturated rings. The van der Waals surface area contributed by atoms with Gasteiger partial charge in [-0.1, -0.05) is 32.1 Å². The summed E-state index contributed by atoms with van der Waals surface area (Å²) in [5.74, 6) is 4.49. The van der Waals surface area contributed by atoms with Crippen LogP contribution in [-0.2, 0) is 14.3 Å². The van der Waals surface area contributed by atoms with Crippen molar-refractivity contribution >= 4 is 17.9 Å². The van der Waals surface area contributed by atoms with Crippen molar-refractivity contribution in [3.63, 3.8) is 0 Å². The molecular formula is C18H34N4O5. The Morgan fingerprint density at radius 2 is 1.70 bits per heavy atom. The summed E-state index contributed by atoms with van der Waals surface area (Å²) in [6, 6.07) is -1.97. The number of hydrogen-bond acceptors (Lipinski definition) is 5. The van der Waals surface area contributed by atoms with E-state index < -0.39 is 41.7 Å². The number of amides is 3. The molecule has 9 nitrogen and oxygen atoms in total. The molecule has 0 radical (unpaired) electrons. The number of hydrazine groups is 1. The minimum Gasteiger partial charge on any atom is -0.465 e. The summed E-state index contributed by atoms with van der Waals surface area (Å²) < 4.78 is 5.73. The van der Waals surface area contributed by atoms with E-state index in [0.29, 0.717) is 12.3 Å². The largest absolute Gasteiger partial charge is 0.465 e. The van der Waals surface area contributed by atoms with Gasteiger partial charge in [0.1, 0.15) is 12.1 Å². The van der Waals surface area contributed by atoms with Gasteiger partial charge in [0.2, 0.25) is 5.91 Å². The second kappa shape index (κ2) is 10.5. The van der Waals surface area contributed by atoms with Crippen molar-refractivity contribution in [2.45, 2.75) is 90.0 Å². The Balaban J connectivity index is 2.85. The normalized spacial score (nSPS) is 18.9. The molecule has 0 aromatic carbocycles. The summed E-state index contributed by atoms with van der Waals surface area (Å²) in [5, 5.41) is 13.9. The van der Waals surface area contributed by atoms with E-state index in [0.717, 1.165) is 25.7 Å². The number of nitrogens with two attached hydrogens (primary N) is 1. The van der Waals surface area contributed by atoms with Gasteiger partial charge in [-0.05, 0) is 40.0 Å². The fraction of sp³-hybridized carbons (Fsp3) is 0.833. The topological polar surface area (TPSA) is 143 Å². The van der Waals surface area contributed by atoms with Crippen molar-refractivity contribution < 1.29 is 24.2 Å². The molecular weight excluding hydrogens is 352 g/mol. The highest BCUT2D eigenvalue weighted by atomic mass is 16.5. The zero-order chi connectivity index (χ0) is 20.6. The molecule has 1 aliphatic rings. The monoisotopic (exact) mass is 386 g/mol. The van der Waals surface area contributed by atoms with Crippen LogP contribution in [-0.4, -0.2) is 46.8 Å². The van der Waals surface area contributed by atoms with Crippen molar-refractivity contribution in [1.82, 2.24) is 16.1 Å². The van der Waals surface area contributed by atoms with Crippen LogP contribution in [0, 0.1) is 5.92 Å². The maximum absolute atomic E-state index is 12.7. The minimum atomic E-state index is -1.34. The summed E-state index contributed by atoms with van der Waals surface area (Å²) in [4.78, 5) is 36.0. The zero-order valence-electron chi connectivity index (χ0n) is 16.7. The van der Waals surface area contributed by atoms with Crippen LogP contribution in [0.2, 0.25) is 0 Å². The van der Waals surface area contributed by atoms with Crippen LogP contribution >= 0.6 is 0 Å². The molecule has 156 valence electrons. The van der Waals surface area contributed by atoms with Crippen LogP contribution in [0.4, 0.5) is 4.79 Å². The Kier molecular flexibility index (Phi) is 8.98. The molecule has 0 aromatic heterocycles. The Hall–Kier alpha value is -1.87. The summed E-state index contributed by atoms with van der Waals surface area (Å²) in [7, 11) is 0. The molecule has 0 spiro atoms. The smallest absolute Gasteiger partial charge is 0.405 e. The van der Waals surface area contributed by atoms with E-state index in [1.165, 1.54) is 6.42 Å². The number of carbonyl (C=O) groups excluding carboxylic acids is 2. The highest BCUT2D eigenvalue weighted by molar-refractivity contribution is 5.91. The van der Waals surface area contributed by atoms with Crippen molar-refractivity contribution in [3.8, 4) is 0 Å². The van der Waals surface area contributed by atoms with Gasteiger partial charge >= 0.3 is 6.09 Å². The number of carboxylic acid groups (broad SMARTS) is 1. The van der Waals surface area contributed by atoms with Crippen molar-refractivity contribution in [2.24, 2.45) is 11.8 Å². The first-order valence-electron chi connectivity index (χ1n) is 9.51. The third-order valence-electron chi connectivity index (χ3n) is 4.64. The predicted octanol–water partition coefficient (Wildman–Crippen LogP) is 1.27. The van der Waals surface area contributed by atoms with Gasteiger partial charge in [-0.2, -0.15) is 0 Å². The van der Waals surface area contributed by atoms with E-state index >= 15 is 0 Å². The standard InChI is InChI=1S/C18H34N4O5/c1-11(27-18(2,3)4)14(21-17(25)26)16(24)20-13(15(23)22-19)10-12-8-6-5-7-9-12/h11-14,21H,5-10,19H2,1-4H3,(H,20,24)(H,22,23)(H,25,26). The Morgan fingerprint density at radius 3 is 2.19 bits per heavy atom. The number of hydrogen-bond donors (Lipinski definition) is 5. The van der Waals surface area contributed by atoms with E-state index in [-0.39, 0.29) is 0 Å². The van der Waals surface area contributed by atoms with Crippen molar-refractivity contribution in [2.75, 3.05) is 0 Å². The molecule has 27 heavy (non-hydrogen) atoms. The highest BCUT2D eigenvalue weighted by Crippen LogP contribution is 2.27. The molecule has 0 bridgehead atoms. The molecule has 3 amide bonds. The first-order valence-corrected chi connectivity index (χ1v) is 9.51. The summed E-state index contributed by atoms with van der Waals surface area (Å²) in [6.45, 7) is 7.05. The average molecular weight is 386 g/mol. The lowest BCUT2D eigenvalue weighted by atomic mass is 9.84. The maximum atomic E-state index is 12.7. The highest BCUT2D eigenvalue weighted by Gasteiger charge is 2.34. The molecule has 0 heterocycles. The zero-order valence-corrected chi connectivity index (χ0v) is 16.7. The number of rotatable bonds is 8. The summed E-state index contributed by atoms with van der Waals surface area (Å²) in [5.41, 5.74) is 1.52. The molecule has 3 unspecified atom stereocenters. The summed E-state index contributed by atoms with van der Waals surface area (Å²) >= 11 is 0. The molecule has 1 saturated carbocycles. The molecule has 1 rings (SSSR count). The van der Waals surface area contributed by atoms with E-state index in [1.54, 1.807) is 6.92 Å². The molecule has 0 aliphatic heterocycles. The third-order valence-corrected chi connectivity index (χ3v) is 4.64. The first-order chi connectivity index (χ1) is 12.5. The quantitative estimate of drug-likeness (QED) is 0.241. The second-order valence-corrected chi connectivity index (χ2v) is 8.17. The van der Waals surface area contributed by atoms with Gasteiger partial charge in [0.25, 0.3) is 5.91 Å². The predicted molar refractivity (Wildman–Crippen MR) is 101 cm³/mol. The number of ether oxygens (including phenoxy) is 1. The molecule has 9 heteroatoms. The van der Waals surface area contributed by atoms with E-state index in [2.05, 4.69) is 16.1 Å².